The lowest BCUT2D eigenvalue weighted by molar-refractivity contribution is -0.364. The summed E-state index contributed by atoms with van der Waals surface area (Å²) < 4.78 is 16.3. The Morgan fingerprint density at radius 1 is 1.10 bits per heavy atom. The number of aliphatic hydroxyl groups excluding tert-OH is 2. The zero-order chi connectivity index (χ0) is 21.3. The molecule has 0 radical (unpaired) electrons. The van der Waals surface area contributed by atoms with Gasteiger partial charge in [-0.05, 0) is 19.4 Å². The average molecular weight is 407 g/mol. The molecule has 0 spiro atoms. The van der Waals surface area contributed by atoms with Crippen molar-refractivity contribution in [3.05, 3.63) is 47.0 Å². The van der Waals surface area contributed by atoms with Crippen molar-refractivity contribution >= 4 is 11.8 Å². The van der Waals surface area contributed by atoms with Crippen molar-refractivity contribution in [1.82, 2.24) is 4.90 Å². The van der Waals surface area contributed by atoms with Crippen LogP contribution in [0.2, 0.25) is 0 Å². The molecular weight excluding hydrogens is 382 g/mol. The van der Waals surface area contributed by atoms with Crippen molar-refractivity contribution in [2.24, 2.45) is 0 Å². The van der Waals surface area contributed by atoms with E-state index in [1.165, 1.54) is 21.0 Å². The molecule has 0 bridgehead atoms. The molecule has 1 aromatic carbocycles. The van der Waals surface area contributed by atoms with Crippen LogP contribution in [0.4, 0.5) is 0 Å². The first kappa shape index (κ1) is 21.6. The zero-order valence-corrected chi connectivity index (χ0v) is 16.4. The lowest BCUT2D eigenvalue weighted by Gasteiger charge is -2.50. The van der Waals surface area contributed by atoms with Crippen molar-refractivity contribution in [3.63, 3.8) is 0 Å². The molecule has 0 unspecified atom stereocenters. The molecule has 2 aliphatic rings. The van der Waals surface area contributed by atoms with E-state index in [-0.39, 0.29) is 24.4 Å². The third-order valence-electron chi connectivity index (χ3n) is 5.36. The van der Waals surface area contributed by atoms with Crippen molar-refractivity contribution in [3.8, 4) is 0 Å². The molecule has 29 heavy (non-hydrogen) atoms. The molecule has 3 rings (SSSR count). The SMILES string of the molecule is CO[C@H]1O[C@H](COCc2ccccc2)[C@@H](O)[C@@H](O)[C@]1(O)N1C(=O)C(C)=C(C)C1=O. The second-order valence-corrected chi connectivity index (χ2v) is 7.16. The maximum absolute atomic E-state index is 12.5. The van der Waals surface area contributed by atoms with Gasteiger partial charge in [-0.2, -0.15) is 0 Å². The lowest BCUT2D eigenvalue weighted by Crippen LogP contribution is -2.74. The summed E-state index contributed by atoms with van der Waals surface area (Å²) in [6, 6.07) is 9.32. The predicted molar refractivity (Wildman–Crippen MR) is 99.0 cm³/mol. The normalized spacial score (nSPS) is 33.0. The standard InChI is InChI=1S/C20H25NO8/c1-11-12(2)18(25)21(17(11)24)20(26)16(23)15(22)14(29-19(20)27-3)10-28-9-13-7-5-4-6-8-13/h4-8,14-16,19,22-23,26H,9-10H2,1-3H3/t14-,15-,16-,19+,20-/m1/s1. The number of imide groups is 1. The van der Waals surface area contributed by atoms with Gasteiger partial charge in [-0.25, -0.2) is 4.90 Å². The number of carbonyl (C=O) groups is 2. The smallest absolute Gasteiger partial charge is 0.259 e. The van der Waals surface area contributed by atoms with Crippen LogP contribution >= 0.6 is 0 Å². The fourth-order valence-corrected chi connectivity index (χ4v) is 3.48. The van der Waals surface area contributed by atoms with Gasteiger partial charge in [0.2, 0.25) is 12.0 Å². The van der Waals surface area contributed by atoms with Crippen LogP contribution in [-0.2, 0) is 30.4 Å². The van der Waals surface area contributed by atoms with E-state index < -0.39 is 42.1 Å². The van der Waals surface area contributed by atoms with Gasteiger partial charge in [0.15, 0.2) is 0 Å². The van der Waals surface area contributed by atoms with Gasteiger partial charge in [0, 0.05) is 18.3 Å². The Labute approximate surface area is 168 Å². The van der Waals surface area contributed by atoms with E-state index in [1.807, 2.05) is 30.3 Å². The largest absolute Gasteiger partial charge is 0.387 e. The monoisotopic (exact) mass is 407 g/mol. The number of hydrogen-bond donors (Lipinski definition) is 3. The third-order valence-corrected chi connectivity index (χ3v) is 5.36. The van der Waals surface area contributed by atoms with Crippen LogP contribution in [0.5, 0.6) is 0 Å². The average Bonchev–Trinajstić information content (AvgIpc) is 2.92. The van der Waals surface area contributed by atoms with Crippen LogP contribution in [0.15, 0.2) is 41.5 Å². The van der Waals surface area contributed by atoms with Crippen molar-refractivity contribution < 1.29 is 39.1 Å². The number of nitrogens with zero attached hydrogens (tertiary/aromatic N) is 1. The van der Waals surface area contributed by atoms with E-state index in [0.717, 1.165) is 5.56 Å². The first-order valence-corrected chi connectivity index (χ1v) is 9.18. The van der Waals surface area contributed by atoms with Crippen molar-refractivity contribution in [2.45, 2.75) is 50.8 Å². The number of aliphatic hydroxyl groups is 3. The Bertz CT molecular complexity index is 782. The van der Waals surface area contributed by atoms with Gasteiger partial charge >= 0.3 is 0 Å². The van der Waals surface area contributed by atoms with Gasteiger partial charge in [0.25, 0.3) is 11.8 Å². The lowest BCUT2D eigenvalue weighted by atomic mass is 9.91. The highest BCUT2D eigenvalue weighted by Gasteiger charge is 2.63. The molecule has 2 aliphatic heterocycles. The van der Waals surface area contributed by atoms with Crippen molar-refractivity contribution in [1.29, 1.82) is 0 Å². The summed E-state index contributed by atoms with van der Waals surface area (Å²) in [4.78, 5) is 25.5. The van der Waals surface area contributed by atoms with E-state index in [0.29, 0.717) is 4.90 Å². The number of amides is 2. The third kappa shape index (κ3) is 3.61. The van der Waals surface area contributed by atoms with Crippen LogP contribution in [0, 0.1) is 0 Å². The summed E-state index contributed by atoms with van der Waals surface area (Å²) in [5.74, 6) is -1.57. The Hall–Kier alpha value is -2.14. The highest BCUT2D eigenvalue weighted by molar-refractivity contribution is 6.19. The minimum absolute atomic E-state index is 0.110. The molecular formula is C20H25NO8. The summed E-state index contributed by atoms with van der Waals surface area (Å²) in [6.07, 6.45) is -6.21. The Kier molecular flexibility index (Phi) is 6.18. The number of rotatable bonds is 6. The molecule has 0 saturated carbocycles. The molecule has 5 atom stereocenters. The van der Waals surface area contributed by atoms with Crippen molar-refractivity contribution in [2.75, 3.05) is 13.7 Å². The van der Waals surface area contributed by atoms with Crippen LogP contribution in [0.3, 0.4) is 0 Å². The topological polar surface area (TPSA) is 126 Å². The highest BCUT2D eigenvalue weighted by Crippen LogP contribution is 2.38. The minimum atomic E-state index is -2.60. The highest BCUT2D eigenvalue weighted by atomic mass is 16.7. The minimum Gasteiger partial charge on any atom is -0.387 e. The van der Waals surface area contributed by atoms with Crippen LogP contribution in [-0.4, -0.2) is 76.1 Å². The maximum Gasteiger partial charge on any atom is 0.259 e. The summed E-state index contributed by atoms with van der Waals surface area (Å²) in [5, 5.41) is 32.3. The molecule has 9 heteroatoms. The number of benzene rings is 1. The first-order valence-electron chi connectivity index (χ1n) is 9.18. The quantitative estimate of drug-likeness (QED) is 0.549. The van der Waals surface area contributed by atoms with Gasteiger partial charge in [0.1, 0.15) is 18.3 Å². The Morgan fingerprint density at radius 3 is 2.24 bits per heavy atom. The van der Waals surface area contributed by atoms with E-state index in [4.69, 9.17) is 14.2 Å². The van der Waals surface area contributed by atoms with E-state index in [1.54, 1.807) is 0 Å². The summed E-state index contributed by atoms with van der Waals surface area (Å²) >= 11 is 0. The Morgan fingerprint density at radius 2 is 1.69 bits per heavy atom. The van der Waals surface area contributed by atoms with Crippen LogP contribution in [0.25, 0.3) is 0 Å². The molecule has 0 aromatic heterocycles. The molecule has 0 aliphatic carbocycles. The number of ether oxygens (including phenoxy) is 3. The molecule has 1 fully saturated rings. The molecule has 158 valence electrons. The second kappa shape index (κ2) is 8.31. The number of methoxy groups -OCH3 is 1. The predicted octanol–water partition coefficient (Wildman–Crippen LogP) is -0.310. The van der Waals surface area contributed by atoms with E-state index >= 15 is 0 Å². The van der Waals surface area contributed by atoms with Gasteiger partial charge in [-0.15, -0.1) is 0 Å². The maximum atomic E-state index is 12.5. The van der Waals surface area contributed by atoms with Gasteiger partial charge in [0.05, 0.1) is 13.2 Å². The van der Waals surface area contributed by atoms with E-state index in [2.05, 4.69) is 0 Å². The molecule has 9 nitrogen and oxygen atoms in total. The van der Waals surface area contributed by atoms with Crippen LogP contribution in [0.1, 0.15) is 19.4 Å². The fourth-order valence-electron chi connectivity index (χ4n) is 3.48. The van der Waals surface area contributed by atoms with Crippen LogP contribution < -0.4 is 0 Å². The van der Waals surface area contributed by atoms with Gasteiger partial charge < -0.3 is 29.5 Å². The zero-order valence-electron chi connectivity index (χ0n) is 16.4. The second-order valence-electron chi connectivity index (χ2n) is 7.16. The molecule has 3 N–H and O–H groups in total. The number of hydrogen-bond acceptors (Lipinski definition) is 8. The first-order chi connectivity index (χ1) is 13.7. The van der Waals surface area contributed by atoms with Gasteiger partial charge in [-0.3, -0.25) is 9.59 Å². The summed E-state index contributed by atoms with van der Waals surface area (Å²) in [7, 11) is 1.19. The molecule has 1 saturated heterocycles. The molecule has 2 heterocycles. The molecule has 1 aromatic rings. The van der Waals surface area contributed by atoms with Gasteiger partial charge in [-0.1, -0.05) is 30.3 Å². The molecule has 2 amide bonds. The number of carbonyl (C=O) groups excluding carboxylic acids is 2. The Balaban J connectivity index is 1.76. The fraction of sp³-hybridized carbons (Fsp3) is 0.500. The summed E-state index contributed by atoms with van der Waals surface area (Å²) in [6.45, 7) is 3.01. The summed E-state index contributed by atoms with van der Waals surface area (Å²) in [5.41, 5.74) is -1.43. The van der Waals surface area contributed by atoms with E-state index in [9.17, 15) is 24.9 Å².